The highest BCUT2D eigenvalue weighted by atomic mass is 16.3. The van der Waals surface area contributed by atoms with Crippen LogP contribution >= 0.6 is 0 Å². The van der Waals surface area contributed by atoms with E-state index in [4.69, 9.17) is 4.42 Å². The van der Waals surface area contributed by atoms with Crippen LogP contribution in [-0.2, 0) is 0 Å². The number of para-hydroxylation sites is 1. The summed E-state index contributed by atoms with van der Waals surface area (Å²) in [5, 5.41) is 4.39. The van der Waals surface area contributed by atoms with E-state index in [-0.39, 0.29) is 5.91 Å². The Balaban J connectivity index is 1.49. The first-order valence-electron chi connectivity index (χ1n) is 8.45. The number of hydrogen-bond donors (Lipinski definition) is 1. The van der Waals surface area contributed by atoms with Crippen LogP contribution in [0.3, 0.4) is 0 Å². The van der Waals surface area contributed by atoms with Crippen LogP contribution in [0.2, 0.25) is 0 Å². The topological polar surface area (TPSA) is 48.7 Å². The molecule has 0 spiro atoms. The first-order valence-corrected chi connectivity index (χ1v) is 8.45. The lowest BCUT2D eigenvalue weighted by Gasteiger charge is -2.32. The molecule has 1 N–H and O–H groups in total. The molecule has 5 nitrogen and oxygen atoms in total. The fourth-order valence-electron chi connectivity index (χ4n) is 3.74. The number of benzene rings is 1. The van der Waals surface area contributed by atoms with Crippen LogP contribution in [0, 0.1) is 6.92 Å². The lowest BCUT2D eigenvalue weighted by molar-refractivity contribution is 0.0744. The second-order valence-electron chi connectivity index (χ2n) is 6.58. The van der Waals surface area contributed by atoms with Gasteiger partial charge in [0.1, 0.15) is 5.58 Å². The van der Waals surface area contributed by atoms with Gasteiger partial charge in [-0.05, 0) is 25.0 Å². The summed E-state index contributed by atoms with van der Waals surface area (Å²) in [6.07, 6.45) is 1.06. The maximum Gasteiger partial charge on any atom is 0.289 e. The largest absolute Gasteiger partial charge is 0.451 e. The quantitative estimate of drug-likeness (QED) is 0.919. The normalized spacial score (nSPS) is 22.8. The molecular weight excluding hydrogens is 290 g/mol. The minimum absolute atomic E-state index is 0.0261. The van der Waals surface area contributed by atoms with E-state index in [0.29, 0.717) is 11.8 Å². The van der Waals surface area contributed by atoms with Gasteiger partial charge in [-0.3, -0.25) is 9.69 Å². The summed E-state index contributed by atoms with van der Waals surface area (Å²) in [4.78, 5) is 17.2. The summed E-state index contributed by atoms with van der Waals surface area (Å²) in [6, 6.07) is 8.37. The van der Waals surface area contributed by atoms with Gasteiger partial charge in [-0.2, -0.15) is 0 Å². The van der Waals surface area contributed by atoms with Crippen molar-refractivity contribution < 1.29 is 9.21 Å². The van der Waals surface area contributed by atoms with E-state index in [1.54, 1.807) is 0 Å². The van der Waals surface area contributed by atoms with Crippen LogP contribution in [0.1, 0.15) is 22.5 Å². The van der Waals surface area contributed by atoms with Gasteiger partial charge in [0.15, 0.2) is 5.76 Å². The van der Waals surface area contributed by atoms with Gasteiger partial charge in [-0.1, -0.05) is 18.2 Å². The van der Waals surface area contributed by atoms with Crippen molar-refractivity contribution in [1.29, 1.82) is 0 Å². The van der Waals surface area contributed by atoms with Crippen molar-refractivity contribution in [3.8, 4) is 0 Å². The Labute approximate surface area is 136 Å². The lowest BCUT2D eigenvalue weighted by Crippen LogP contribution is -2.49. The van der Waals surface area contributed by atoms with Gasteiger partial charge >= 0.3 is 0 Å². The van der Waals surface area contributed by atoms with Crippen LogP contribution in [0.4, 0.5) is 0 Å². The van der Waals surface area contributed by atoms with Crippen molar-refractivity contribution in [2.45, 2.75) is 19.4 Å². The number of hydrogen-bond acceptors (Lipinski definition) is 4. The van der Waals surface area contributed by atoms with Crippen molar-refractivity contribution in [1.82, 2.24) is 15.1 Å². The van der Waals surface area contributed by atoms with Gasteiger partial charge in [-0.25, -0.2) is 0 Å². The predicted octanol–water partition coefficient (Wildman–Crippen LogP) is 1.86. The standard InChI is InChI=1S/C18H23N3O2/c1-13-3-2-4-14-11-16(23-17(13)14)18(22)21-8-5-15(12-21)20-9-6-19-7-10-20/h2-4,11,15,19H,5-10,12H2,1H3. The Morgan fingerprint density at radius 1 is 1.26 bits per heavy atom. The zero-order valence-electron chi connectivity index (χ0n) is 13.5. The molecule has 2 aliphatic heterocycles. The van der Waals surface area contributed by atoms with Crippen LogP contribution in [0.25, 0.3) is 11.0 Å². The highest BCUT2D eigenvalue weighted by Gasteiger charge is 2.32. The number of rotatable bonds is 2. The molecule has 2 aromatic rings. The summed E-state index contributed by atoms with van der Waals surface area (Å²) in [5.41, 5.74) is 1.90. The molecule has 2 saturated heterocycles. The van der Waals surface area contributed by atoms with E-state index in [1.807, 2.05) is 36.1 Å². The van der Waals surface area contributed by atoms with Crippen molar-refractivity contribution in [2.24, 2.45) is 0 Å². The Morgan fingerprint density at radius 3 is 2.87 bits per heavy atom. The van der Waals surface area contributed by atoms with Gasteiger partial charge in [-0.15, -0.1) is 0 Å². The molecule has 1 aromatic carbocycles. The second-order valence-corrected chi connectivity index (χ2v) is 6.58. The van der Waals surface area contributed by atoms with Crippen molar-refractivity contribution in [3.05, 3.63) is 35.6 Å². The summed E-state index contributed by atoms with van der Waals surface area (Å²) in [7, 11) is 0. The number of piperazine rings is 1. The molecule has 0 aliphatic carbocycles. The number of nitrogens with zero attached hydrogens (tertiary/aromatic N) is 2. The monoisotopic (exact) mass is 313 g/mol. The molecule has 122 valence electrons. The molecule has 23 heavy (non-hydrogen) atoms. The van der Waals surface area contributed by atoms with E-state index in [9.17, 15) is 4.79 Å². The Morgan fingerprint density at radius 2 is 2.09 bits per heavy atom. The van der Waals surface area contributed by atoms with E-state index in [2.05, 4.69) is 10.2 Å². The maximum absolute atomic E-state index is 12.8. The van der Waals surface area contributed by atoms with Gasteiger partial charge in [0, 0.05) is 50.7 Å². The van der Waals surface area contributed by atoms with Crippen LogP contribution in [-0.4, -0.2) is 61.0 Å². The zero-order chi connectivity index (χ0) is 15.8. The first-order chi connectivity index (χ1) is 11.2. The van der Waals surface area contributed by atoms with Crippen molar-refractivity contribution in [2.75, 3.05) is 39.3 Å². The molecule has 5 heteroatoms. The number of carbonyl (C=O) groups is 1. The molecule has 2 fully saturated rings. The highest BCUT2D eigenvalue weighted by molar-refractivity contribution is 5.96. The molecule has 1 amide bonds. The molecule has 3 heterocycles. The van der Waals surface area contributed by atoms with Crippen LogP contribution < -0.4 is 5.32 Å². The minimum Gasteiger partial charge on any atom is -0.451 e. The van der Waals surface area contributed by atoms with Crippen molar-refractivity contribution in [3.63, 3.8) is 0 Å². The molecule has 4 rings (SSSR count). The average molecular weight is 313 g/mol. The molecule has 0 saturated carbocycles. The number of likely N-dealkylation sites (tertiary alicyclic amines) is 1. The third-order valence-electron chi connectivity index (χ3n) is 5.07. The first kappa shape index (κ1) is 14.7. The summed E-state index contributed by atoms with van der Waals surface area (Å²) < 4.78 is 5.84. The average Bonchev–Trinajstić information content (AvgIpc) is 3.23. The molecule has 0 bridgehead atoms. The number of furan rings is 1. The second kappa shape index (κ2) is 5.98. The van der Waals surface area contributed by atoms with E-state index in [0.717, 1.165) is 62.2 Å². The number of fused-ring (bicyclic) bond motifs is 1. The Kier molecular flexibility index (Phi) is 3.83. The smallest absolute Gasteiger partial charge is 0.289 e. The molecule has 1 aromatic heterocycles. The van der Waals surface area contributed by atoms with E-state index < -0.39 is 0 Å². The molecule has 1 atom stereocenters. The van der Waals surface area contributed by atoms with Crippen molar-refractivity contribution >= 4 is 16.9 Å². The van der Waals surface area contributed by atoms with Gasteiger partial charge in [0.2, 0.25) is 0 Å². The molecule has 2 aliphatic rings. The number of aryl methyl sites for hydroxylation is 1. The van der Waals surface area contributed by atoms with Crippen LogP contribution in [0.15, 0.2) is 28.7 Å². The summed E-state index contributed by atoms with van der Waals surface area (Å²) in [5.74, 6) is 0.494. The third kappa shape index (κ3) is 2.75. The van der Waals surface area contributed by atoms with Gasteiger partial charge in [0.25, 0.3) is 5.91 Å². The van der Waals surface area contributed by atoms with Gasteiger partial charge in [0.05, 0.1) is 0 Å². The number of amides is 1. The summed E-state index contributed by atoms with van der Waals surface area (Å²) >= 11 is 0. The predicted molar refractivity (Wildman–Crippen MR) is 89.7 cm³/mol. The zero-order valence-corrected chi connectivity index (χ0v) is 13.5. The minimum atomic E-state index is 0.0261. The fraction of sp³-hybridized carbons (Fsp3) is 0.500. The number of nitrogens with one attached hydrogen (secondary N) is 1. The Bertz CT molecular complexity index is 718. The molecule has 0 radical (unpaired) electrons. The summed E-state index contributed by atoms with van der Waals surface area (Å²) in [6.45, 7) is 7.91. The Hall–Kier alpha value is -1.85. The maximum atomic E-state index is 12.8. The lowest BCUT2D eigenvalue weighted by atomic mass is 10.2. The fourth-order valence-corrected chi connectivity index (χ4v) is 3.74. The molecule has 1 unspecified atom stereocenters. The highest BCUT2D eigenvalue weighted by Crippen LogP contribution is 2.25. The van der Waals surface area contributed by atoms with E-state index in [1.165, 1.54) is 0 Å². The van der Waals surface area contributed by atoms with Crippen LogP contribution in [0.5, 0.6) is 0 Å². The molecular formula is C18H23N3O2. The van der Waals surface area contributed by atoms with Gasteiger partial charge < -0.3 is 14.6 Å². The third-order valence-corrected chi connectivity index (χ3v) is 5.07. The van der Waals surface area contributed by atoms with E-state index >= 15 is 0 Å². The number of carbonyl (C=O) groups excluding carboxylic acids is 1. The SMILES string of the molecule is Cc1cccc2cc(C(=O)N3CCC(N4CCNCC4)C3)oc12.